The summed E-state index contributed by atoms with van der Waals surface area (Å²) in [7, 11) is 3.83. The van der Waals surface area contributed by atoms with E-state index in [-0.39, 0.29) is 10.6 Å². The number of carbonyl (C=O) groups excluding carboxylic acids is 1. The molecule has 0 saturated carbocycles. The third-order valence-corrected chi connectivity index (χ3v) is 4.16. The van der Waals surface area contributed by atoms with Crippen LogP contribution in [0.4, 0.5) is 5.69 Å². The number of carbonyl (C=O) groups is 1. The van der Waals surface area contributed by atoms with Crippen LogP contribution >= 0.6 is 0 Å². The first-order valence-electron chi connectivity index (χ1n) is 8.08. The van der Waals surface area contributed by atoms with Gasteiger partial charge in [-0.2, -0.15) is 0 Å². The minimum atomic E-state index is -0.552. The Kier molecular flexibility index (Phi) is 4.68. The van der Waals surface area contributed by atoms with Gasteiger partial charge in [0.2, 0.25) is 0 Å². The number of hydrogen-bond acceptors (Lipinski definition) is 5. The number of nitrogens with two attached hydrogens (primary N) is 1. The average Bonchev–Trinajstić information content (AvgIpc) is 3.03. The fraction of sp³-hybridized carbons (Fsp3) is 0.222. The van der Waals surface area contributed by atoms with Crippen molar-refractivity contribution in [3.63, 3.8) is 0 Å². The van der Waals surface area contributed by atoms with Gasteiger partial charge in [0.1, 0.15) is 11.3 Å². The molecule has 2 aromatic carbocycles. The van der Waals surface area contributed by atoms with Gasteiger partial charge in [0, 0.05) is 23.7 Å². The van der Waals surface area contributed by atoms with Crippen LogP contribution in [0, 0.1) is 10.1 Å². The number of imidazole rings is 1. The number of para-hydroxylation sites is 1. The predicted octanol–water partition coefficient (Wildman–Crippen LogP) is 2.34. The zero-order valence-electron chi connectivity index (χ0n) is 14.5. The van der Waals surface area contributed by atoms with E-state index in [2.05, 4.69) is 9.97 Å². The maximum absolute atomic E-state index is 11.6. The summed E-state index contributed by atoms with van der Waals surface area (Å²) in [5, 5.41) is 11.3. The van der Waals surface area contributed by atoms with Crippen LogP contribution in [0.2, 0.25) is 0 Å². The molecule has 0 unspecified atom stereocenters. The lowest BCUT2D eigenvalue weighted by Crippen LogP contribution is -2.15. The second-order valence-corrected chi connectivity index (χ2v) is 6.31. The van der Waals surface area contributed by atoms with Gasteiger partial charge in [0.15, 0.2) is 0 Å². The summed E-state index contributed by atoms with van der Waals surface area (Å²) in [6.45, 7) is 0.691. The molecule has 3 N–H and O–H groups in total. The number of nitro benzene ring substituents is 1. The second-order valence-electron chi connectivity index (χ2n) is 6.31. The number of nitrogens with zero attached hydrogens (tertiary/aromatic N) is 3. The zero-order valence-corrected chi connectivity index (χ0v) is 14.5. The summed E-state index contributed by atoms with van der Waals surface area (Å²) in [6, 6.07) is 10.1. The van der Waals surface area contributed by atoms with E-state index < -0.39 is 5.91 Å². The molecule has 1 aromatic heterocycles. The molecule has 0 spiro atoms. The number of fused-ring (bicyclic) bond motifs is 1. The summed E-state index contributed by atoms with van der Waals surface area (Å²) in [5.41, 5.74) is 8.35. The monoisotopic (exact) mass is 353 g/mol. The molecule has 26 heavy (non-hydrogen) atoms. The maximum Gasteiger partial charge on any atom is 0.272 e. The van der Waals surface area contributed by atoms with Crippen LogP contribution in [0.25, 0.3) is 22.4 Å². The van der Waals surface area contributed by atoms with Crippen molar-refractivity contribution in [1.29, 1.82) is 0 Å². The maximum atomic E-state index is 11.6. The van der Waals surface area contributed by atoms with E-state index in [1.54, 1.807) is 30.3 Å². The Labute approximate surface area is 149 Å². The number of nitro groups is 1. The summed E-state index contributed by atoms with van der Waals surface area (Å²) in [4.78, 5) is 32.1. The quantitative estimate of drug-likeness (QED) is 0.521. The van der Waals surface area contributed by atoms with Crippen molar-refractivity contribution in [2.75, 3.05) is 20.6 Å². The lowest BCUT2D eigenvalue weighted by molar-refractivity contribution is -0.385. The highest BCUT2D eigenvalue weighted by molar-refractivity contribution is 6.04. The molecule has 8 heteroatoms. The number of H-pyrrole nitrogens is 1. The third kappa shape index (κ3) is 3.40. The number of nitrogens with one attached hydrogen (secondary N) is 1. The summed E-state index contributed by atoms with van der Waals surface area (Å²) in [5.74, 6) is -0.0151. The molecule has 0 aliphatic heterocycles. The van der Waals surface area contributed by atoms with Crippen LogP contribution in [0.1, 0.15) is 15.9 Å². The molecular formula is C18H19N5O3. The molecule has 3 rings (SSSR count). The number of hydrogen-bond donors (Lipinski definition) is 2. The van der Waals surface area contributed by atoms with Crippen LogP contribution in [0.5, 0.6) is 0 Å². The van der Waals surface area contributed by atoms with E-state index in [1.165, 1.54) is 6.07 Å². The molecule has 0 saturated heterocycles. The predicted molar refractivity (Wildman–Crippen MR) is 99.0 cm³/mol. The summed E-state index contributed by atoms with van der Waals surface area (Å²) >= 11 is 0. The SMILES string of the molecule is CN(C)CCc1cc(-c2nc3c(C(N)=O)cccc3[nH]2)ccc1[N+](=O)[O-]. The van der Waals surface area contributed by atoms with Crippen molar-refractivity contribution in [3.05, 3.63) is 57.6 Å². The van der Waals surface area contributed by atoms with Gasteiger partial charge in [0.25, 0.3) is 11.6 Å². The van der Waals surface area contributed by atoms with E-state index in [0.29, 0.717) is 41.0 Å². The van der Waals surface area contributed by atoms with Crippen molar-refractivity contribution >= 4 is 22.6 Å². The van der Waals surface area contributed by atoms with Gasteiger partial charge in [-0.1, -0.05) is 6.07 Å². The number of aromatic amines is 1. The van der Waals surface area contributed by atoms with E-state index >= 15 is 0 Å². The number of benzene rings is 2. The van der Waals surface area contributed by atoms with Gasteiger partial charge in [0.05, 0.1) is 16.0 Å². The molecule has 0 bridgehead atoms. The van der Waals surface area contributed by atoms with E-state index in [0.717, 1.165) is 5.56 Å². The van der Waals surface area contributed by atoms with Crippen LogP contribution in [-0.2, 0) is 6.42 Å². The first-order valence-corrected chi connectivity index (χ1v) is 8.08. The summed E-state index contributed by atoms with van der Waals surface area (Å²) in [6.07, 6.45) is 0.546. The van der Waals surface area contributed by atoms with Gasteiger partial charge in [-0.05, 0) is 44.8 Å². The Balaban J connectivity index is 2.07. The Morgan fingerprint density at radius 2 is 2.08 bits per heavy atom. The number of primary amides is 1. The van der Waals surface area contributed by atoms with Crippen molar-refractivity contribution in [2.24, 2.45) is 5.73 Å². The first-order chi connectivity index (χ1) is 12.4. The van der Waals surface area contributed by atoms with Gasteiger partial charge >= 0.3 is 0 Å². The smallest absolute Gasteiger partial charge is 0.272 e. The number of aromatic nitrogens is 2. The van der Waals surface area contributed by atoms with Gasteiger partial charge in [-0.3, -0.25) is 14.9 Å². The van der Waals surface area contributed by atoms with Crippen molar-refractivity contribution in [1.82, 2.24) is 14.9 Å². The zero-order chi connectivity index (χ0) is 18.8. The largest absolute Gasteiger partial charge is 0.366 e. The van der Waals surface area contributed by atoms with Crippen LogP contribution < -0.4 is 5.73 Å². The Morgan fingerprint density at radius 3 is 2.73 bits per heavy atom. The van der Waals surface area contributed by atoms with Crippen molar-refractivity contribution < 1.29 is 9.72 Å². The third-order valence-electron chi connectivity index (χ3n) is 4.16. The Bertz CT molecular complexity index is 994. The molecule has 0 atom stereocenters. The fourth-order valence-electron chi connectivity index (χ4n) is 2.82. The number of amides is 1. The molecule has 3 aromatic rings. The molecule has 0 radical (unpaired) electrons. The summed E-state index contributed by atoms with van der Waals surface area (Å²) < 4.78 is 0. The molecular weight excluding hydrogens is 334 g/mol. The second kappa shape index (κ2) is 6.93. The topological polar surface area (TPSA) is 118 Å². The van der Waals surface area contributed by atoms with Gasteiger partial charge < -0.3 is 15.6 Å². The highest BCUT2D eigenvalue weighted by Gasteiger charge is 2.17. The Morgan fingerprint density at radius 1 is 1.31 bits per heavy atom. The van der Waals surface area contributed by atoms with Crippen LogP contribution in [-0.4, -0.2) is 46.3 Å². The van der Waals surface area contributed by atoms with E-state index in [9.17, 15) is 14.9 Å². The lowest BCUT2D eigenvalue weighted by atomic mass is 10.1. The van der Waals surface area contributed by atoms with Crippen molar-refractivity contribution in [3.8, 4) is 11.4 Å². The highest BCUT2D eigenvalue weighted by atomic mass is 16.6. The number of rotatable bonds is 6. The molecule has 1 amide bonds. The van der Waals surface area contributed by atoms with Gasteiger partial charge in [-0.15, -0.1) is 0 Å². The minimum absolute atomic E-state index is 0.0875. The highest BCUT2D eigenvalue weighted by Crippen LogP contribution is 2.28. The average molecular weight is 353 g/mol. The molecule has 1 heterocycles. The molecule has 0 fully saturated rings. The fourth-order valence-corrected chi connectivity index (χ4v) is 2.82. The van der Waals surface area contributed by atoms with E-state index in [1.807, 2.05) is 19.0 Å². The molecule has 0 aliphatic carbocycles. The standard InChI is InChI=1S/C18H19N5O3/c1-22(2)9-8-11-10-12(6-7-15(11)23(25)26)18-20-14-5-3-4-13(17(19)24)16(14)21-18/h3-7,10H,8-9H2,1-2H3,(H2,19,24)(H,20,21). The normalized spacial score (nSPS) is 11.2. The Hall–Kier alpha value is -3.26. The van der Waals surface area contributed by atoms with Crippen LogP contribution in [0.3, 0.4) is 0 Å². The van der Waals surface area contributed by atoms with Crippen LogP contribution in [0.15, 0.2) is 36.4 Å². The molecule has 8 nitrogen and oxygen atoms in total. The first kappa shape index (κ1) is 17.6. The lowest BCUT2D eigenvalue weighted by Gasteiger charge is -2.10. The molecule has 0 aliphatic rings. The number of likely N-dealkylation sites (N-methyl/N-ethyl adjacent to an activating group) is 1. The molecule has 134 valence electrons. The van der Waals surface area contributed by atoms with E-state index in [4.69, 9.17) is 5.73 Å². The van der Waals surface area contributed by atoms with Gasteiger partial charge in [-0.25, -0.2) is 4.98 Å². The minimum Gasteiger partial charge on any atom is -0.366 e. The van der Waals surface area contributed by atoms with Crippen molar-refractivity contribution in [2.45, 2.75) is 6.42 Å².